The van der Waals surface area contributed by atoms with Crippen LogP contribution < -0.4 is 10.6 Å². The van der Waals surface area contributed by atoms with E-state index in [-0.39, 0.29) is 18.0 Å². The van der Waals surface area contributed by atoms with Gasteiger partial charge in [0.2, 0.25) is 5.91 Å². The molecule has 1 aromatic carbocycles. The van der Waals surface area contributed by atoms with Gasteiger partial charge >= 0.3 is 0 Å². The van der Waals surface area contributed by atoms with Gasteiger partial charge in [-0.05, 0) is 38.4 Å². The molecule has 1 aliphatic rings. The lowest BCUT2D eigenvalue weighted by Crippen LogP contribution is -2.41. The number of rotatable bonds is 3. The number of carbonyl (C=O) groups is 1. The maximum Gasteiger partial charge on any atom is 0.237 e. The summed E-state index contributed by atoms with van der Waals surface area (Å²) in [5.74, 6) is 0.859. The van der Waals surface area contributed by atoms with Crippen LogP contribution in [0.3, 0.4) is 0 Å². The van der Waals surface area contributed by atoms with Crippen LogP contribution in [-0.4, -0.2) is 18.5 Å². The molecule has 3 rings (SSSR count). The van der Waals surface area contributed by atoms with Crippen LogP contribution in [0.5, 0.6) is 0 Å². The molecule has 1 aliphatic heterocycles. The van der Waals surface area contributed by atoms with Gasteiger partial charge in [-0.3, -0.25) is 4.79 Å². The van der Waals surface area contributed by atoms with E-state index >= 15 is 0 Å². The Morgan fingerprint density at radius 3 is 3.05 bits per heavy atom. The number of fused-ring (bicyclic) bond motifs is 1. The SMILES string of the molecule is CC(NC(=O)[C@@H]1CCCN1)c1cc2ccccc2o1. The number of furan rings is 1. The van der Waals surface area contributed by atoms with Gasteiger partial charge in [-0.15, -0.1) is 0 Å². The van der Waals surface area contributed by atoms with Crippen molar-refractivity contribution >= 4 is 16.9 Å². The normalized spacial score (nSPS) is 20.6. The Labute approximate surface area is 112 Å². The second-order valence-electron chi connectivity index (χ2n) is 5.07. The van der Waals surface area contributed by atoms with Crippen LogP contribution in [0, 0.1) is 0 Å². The number of nitrogens with one attached hydrogen (secondary N) is 2. The molecule has 2 heterocycles. The van der Waals surface area contributed by atoms with E-state index in [1.165, 1.54) is 0 Å². The zero-order valence-electron chi connectivity index (χ0n) is 11.0. The van der Waals surface area contributed by atoms with E-state index < -0.39 is 0 Å². The van der Waals surface area contributed by atoms with E-state index in [9.17, 15) is 4.79 Å². The lowest BCUT2D eigenvalue weighted by atomic mass is 10.2. The minimum absolute atomic E-state index is 0.0492. The molecular formula is C15H18N2O2. The summed E-state index contributed by atoms with van der Waals surface area (Å²) in [5.41, 5.74) is 0.859. The Morgan fingerprint density at radius 1 is 1.47 bits per heavy atom. The molecule has 2 aromatic rings. The molecule has 0 aliphatic carbocycles. The molecule has 0 saturated carbocycles. The molecule has 1 aromatic heterocycles. The van der Waals surface area contributed by atoms with E-state index in [0.29, 0.717) is 0 Å². The van der Waals surface area contributed by atoms with E-state index in [1.54, 1.807) is 0 Å². The zero-order valence-corrected chi connectivity index (χ0v) is 11.0. The van der Waals surface area contributed by atoms with E-state index in [4.69, 9.17) is 4.42 Å². The molecule has 4 heteroatoms. The molecule has 100 valence electrons. The van der Waals surface area contributed by atoms with Crippen molar-refractivity contribution in [2.45, 2.75) is 31.8 Å². The van der Waals surface area contributed by atoms with Gasteiger partial charge in [-0.1, -0.05) is 18.2 Å². The predicted molar refractivity (Wildman–Crippen MR) is 73.8 cm³/mol. The van der Waals surface area contributed by atoms with Gasteiger partial charge in [0, 0.05) is 5.39 Å². The third kappa shape index (κ3) is 2.49. The minimum Gasteiger partial charge on any atom is -0.459 e. The second kappa shape index (κ2) is 5.05. The highest BCUT2D eigenvalue weighted by Gasteiger charge is 2.24. The summed E-state index contributed by atoms with van der Waals surface area (Å²) in [4.78, 5) is 12.0. The first-order valence-electron chi connectivity index (χ1n) is 6.76. The highest BCUT2D eigenvalue weighted by Crippen LogP contribution is 2.23. The van der Waals surface area contributed by atoms with Gasteiger partial charge < -0.3 is 15.1 Å². The Bertz CT molecular complexity index is 552. The number of carbonyl (C=O) groups excluding carboxylic acids is 1. The first kappa shape index (κ1) is 12.2. The van der Waals surface area contributed by atoms with E-state index in [1.807, 2.05) is 37.3 Å². The molecule has 1 unspecified atom stereocenters. The average molecular weight is 258 g/mol. The maximum atomic E-state index is 12.0. The van der Waals surface area contributed by atoms with Gasteiger partial charge in [0.25, 0.3) is 0 Å². The molecule has 0 bridgehead atoms. The molecule has 1 fully saturated rings. The van der Waals surface area contributed by atoms with Crippen LogP contribution >= 0.6 is 0 Å². The second-order valence-corrected chi connectivity index (χ2v) is 5.07. The van der Waals surface area contributed by atoms with Crippen molar-refractivity contribution < 1.29 is 9.21 Å². The molecule has 2 N–H and O–H groups in total. The maximum absolute atomic E-state index is 12.0. The standard InChI is InChI=1S/C15H18N2O2/c1-10(17-15(18)12-6-4-8-16-12)14-9-11-5-2-3-7-13(11)19-14/h2-3,5,7,9-10,12,16H,4,6,8H2,1H3,(H,17,18)/t10?,12-/m0/s1. The lowest BCUT2D eigenvalue weighted by Gasteiger charge is -2.15. The molecule has 19 heavy (non-hydrogen) atoms. The number of para-hydroxylation sites is 1. The van der Waals surface area contributed by atoms with Crippen molar-refractivity contribution in [3.8, 4) is 0 Å². The fourth-order valence-electron chi connectivity index (χ4n) is 2.51. The first-order chi connectivity index (χ1) is 9.24. The monoisotopic (exact) mass is 258 g/mol. The van der Waals surface area contributed by atoms with Gasteiger partial charge in [0.1, 0.15) is 11.3 Å². The summed E-state index contributed by atoms with van der Waals surface area (Å²) in [5, 5.41) is 7.27. The lowest BCUT2D eigenvalue weighted by molar-refractivity contribution is -0.123. The predicted octanol–water partition coefficient (Wildman–Crippen LogP) is 2.36. The molecule has 1 amide bonds. The summed E-state index contributed by atoms with van der Waals surface area (Å²) in [6.07, 6.45) is 1.98. The topological polar surface area (TPSA) is 54.3 Å². The molecule has 1 saturated heterocycles. The molecule has 4 nitrogen and oxygen atoms in total. The van der Waals surface area contributed by atoms with Gasteiger partial charge in [-0.25, -0.2) is 0 Å². The fourth-order valence-corrected chi connectivity index (χ4v) is 2.51. The van der Waals surface area contributed by atoms with E-state index in [0.717, 1.165) is 36.1 Å². The number of hydrogen-bond acceptors (Lipinski definition) is 3. The summed E-state index contributed by atoms with van der Waals surface area (Å²) in [6.45, 7) is 2.88. The molecular weight excluding hydrogens is 240 g/mol. The Morgan fingerprint density at radius 2 is 2.32 bits per heavy atom. The van der Waals surface area contributed by atoms with Gasteiger partial charge in [0.05, 0.1) is 12.1 Å². The van der Waals surface area contributed by atoms with Crippen LogP contribution in [0.2, 0.25) is 0 Å². The van der Waals surface area contributed by atoms with Crippen LogP contribution in [0.1, 0.15) is 31.6 Å². The Balaban J connectivity index is 1.72. The van der Waals surface area contributed by atoms with Crippen LogP contribution in [0.25, 0.3) is 11.0 Å². The number of benzene rings is 1. The summed E-state index contributed by atoms with van der Waals surface area (Å²) in [7, 11) is 0. The van der Waals surface area contributed by atoms with Crippen LogP contribution in [0.4, 0.5) is 0 Å². The van der Waals surface area contributed by atoms with Crippen LogP contribution in [-0.2, 0) is 4.79 Å². The minimum atomic E-state index is -0.109. The van der Waals surface area contributed by atoms with Crippen molar-refractivity contribution in [3.05, 3.63) is 36.1 Å². The number of amides is 1. The van der Waals surface area contributed by atoms with Crippen molar-refractivity contribution in [3.63, 3.8) is 0 Å². The fraction of sp³-hybridized carbons (Fsp3) is 0.400. The smallest absolute Gasteiger partial charge is 0.237 e. The highest BCUT2D eigenvalue weighted by molar-refractivity contribution is 5.83. The third-order valence-electron chi connectivity index (χ3n) is 3.61. The average Bonchev–Trinajstić information content (AvgIpc) is 3.07. The quantitative estimate of drug-likeness (QED) is 0.888. The highest BCUT2D eigenvalue weighted by atomic mass is 16.3. The summed E-state index contributed by atoms with van der Waals surface area (Å²) >= 11 is 0. The molecule has 0 radical (unpaired) electrons. The molecule has 0 spiro atoms. The largest absolute Gasteiger partial charge is 0.459 e. The summed E-state index contributed by atoms with van der Waals surface area (Å²) < 4.78 is 5.76. The summed E-state index contributed by atoms with van der Waals surface area (Å²) in [6, 6.07) is 9.70. The third-order valence-corrected chi connectivity index (χ3v) is 3.61. The van der Waals surface area contributed by atoms with E-state index in [2.05, 4.69) is 10.6 Å². The zero-order chi connectivity index (χ0) is 13.2. The first-order valence-corrected chi connectivity index (χ1v) is 6.76. The van der Waals surface area contributed by atoms with Gasteiger partial charge in [0.15, 0.2) is 0 Å². The van der Waals surface area contributed by atoms with Crippen molar-refractivity contribution in [1.29, 1.82) is 0 Å². The molecule has 2 atom stereocenters. The number of hydrogen-bond donors (Lipinski definition) is 2. The van der Waals surface area contributed by atoms with Crippen molar-refractivity contribution in [2.24, 2.45) is 0 Å². The van der Waals surface area contributed by atoms with Gasteiger partial charge in [-0.2, -0.15) is 0 Å². The van der Waals surface area contributed by atoms with Crippen LogP contribution in [0.15, 0.2) is 34.7 Å². The van der Waals surface area contributed by atoms with Crippen molar-refractivity contribution in [2.75, 3.05) is 6.54 Å². The van der Waals surface area contributed by atoms with Crippen molar-refractivity contribution in [1.82, 2.24) is 10.6 Å². The Kier molecular flexibility index (Phi) is 3.25. The Hall–Kier alpha value is -1.81.